The fourth-order valence-electron chi connectivity index (χ4n) is 4.69. The Labute approximate surface area is 262 Å². The van der Waals surface area contributed by atoms with E-state index < -0.39 is 46.9 Å². The summed E-state index contributed by atoms with van der Waals surface area (Å²) in [6, 6.07) is 19.8. The van der Waals surface area contributed by atoms with Crippen LogP contribution in [0.4, 0.5) is 10.5 Å². The highest BCUT2D eigenvalue weighted by Crippen LogP contribution is 2.37. The molecule has 240 valence electrons. The van der Waals surface area contributed by atoms with Crippen LogP contribution < -0.4 is 29.0 Å². The lowest BCUT2D eigenvalue weighted by atomic mass is 9.78. The van der Waals surface area contributed by atoms with Crippen LogP contribution in [0.3, 0.4) is 0 Å². The van der Waals surface area contributed by atoms with E-state index in [4.69, 9.17) is 28.4 Å². The average Bonchev–Trinajstić information content (AvgIpc) is 3.08. The van der Waals surface area contributed by atoms with Crippen molar-refractivity contribution in [3.63, 3.8) is 0 Å². The predicted molar refractivity (Wildman–Crippen MR) is 160 cm³/mol. The molecule has 0 saturated heterocycles. The van der Waals surface area contributed by atoms with Crippen LogP contribution in [0.5, 0.6) is 29.3 Å². The number of carboxylic acids is 1. The summed E-state index contributed by atoms with van der Waals surface area (Å²) in [5, 5.41) is 25.1. The number of benzene rings is 3. The molecule has 4 aromatic rings. The van der Waals surface area contributed by atoms with Crippen LogP contribution in [0, 0.1) is 10.1 Å². The van der Waals surface area contributed by atoms with Gasteiger partial charge >= 0.3 is 18.1 Å². The van der Waals surface area contributed by atoms with Crippen LogP contribution in [0.25, 0.3) is 0 Å². The SMILES string of the molecule is COc1cc(OC)nc(OC(C(=O)O)C(NC(=O)OCc2cc(OC)c(OC)cc2[N+](=O)[O-])(c2ccccc2)c2ccccc2)n1. The van der Waals surface area contributed by atoms with E-state index in [2.05, 4.69) is 15.3 Å². The number of nitrogens with one attached hydrogen (secondary N) is 1. The lowest BCUT2D eigenvalue weighted by molar-refractivity contribution is -0.385. The van der Waals surface area contributed by atoms with Crippen LogP contribution in [0.15, 0.2) is 78.9 Å². The molecule has 0 aliphatic heterocycles. The number of hydrogen-bond acceptors (Lipinski definition) is 12. The quantitative estimate of drug-likeness (QED) is 0.149. The molecule has 1 amide bonds. The molecule has 0 saturated carbocycles. The van der Waals surface area contributed by atoms with Crippen LogP contribution in [0.1, 0.15) is 16.7 Å². The third kappa shape index (κ3) is 6.99. The maximum atomic E-state index is 13.6. The number of amides is 1. The average molecular weight is 635 g/mol. The molecule has 1 aromatic heterocycles. The van der Waals surface area contributed by atoms with E-state index in [-0.39, 0.29) is 39.9 Å². The number of carbonyl (C=O) groups is 2. The van der Waals surface area contributed by atoms with Crippen molar-refractivity contribution < 1.29 is 48.0 Å². The molecule has 1 unspecified atom stereocenters. The zero-order valence-electron chi connectivity index (χ0n) is 25.2. The Morgan fingerprint density at radius 3 is 1.83 bits per heavy atom. The van der Waals surface area contributed by atoms with Crippen LogP contribution >= 0.6 is 0 Å². The van der Waals surface area contributed by atoms with Gasteiger partial charge in [0.2, 0.25) is 17.9 Å². The van der Waals surface area contributed by atoms with E-state index in [0.717, 1.165) is 6.07 Å². The molecule has 15 heteroatoms. The third-order valence-corrected chi connectivity index (χ3v) is 6.82. The Bertz CT molecular complexity index is 1630. The molecule has 15 nitrogen and oxygen atoms in total. The lowest BCUT2D eigenvalue weighted by Crippen LogP contribution is -2.60. The van der Waals surface area contributed by atoms with Gasteiger partial charge in [-0.1, -0.05) is 60.7 Å². The van der Waals surface area contributed by atoms with Gasteiger partial charge in [0.05, 0.1) is 51.1 Å². The van der Waals surface area contributed by atoms with Crippen molar-refractivity contribution in [2.45, 2.75) is 18.2 Å². The highest BCUT2D eigenvalue weighted by Gasteiger charge is 2.50. The maximum absolute atomic E-state index is 13.6. The molecule has 0 bridgehead atoms. The number of hydrogen-bond donors (Lipinski definition) is 2. The second kappa shape index (κ2) is 14.6. The fraction of sp³-hybridized carbons (Fsp3) is 0.226. The molecule has 0 spiro atoms. The lowest BCUT2D eigenvalue weighted by Gasteiger charge is -2.39. The second-order valence-electron chi connectivity index (χ2n) is 9.41. The minimum Gasteiger partial charge on any atom is -0.493 e. The monoisotopic (exact) mass is 634 g/mol. The Morgan fingerprint density at radius 1 is 0.848 bits per heavy atom. The van der Waals surface area contributed by atoms with E-state index in [0.29, 0.717) is 0 Å². The molecule has 1 heterocycles. The number of rotatable bonds is 14. The molecular weight excluding hydrogens is 604 g/mol. The van der Waals surface area contributed by atoms with Crippen LogP contribution in [-0.2, 0) is 21.7 Å². The highest BCUT2D eigenvalue weighted by atomic mass is 16.6. The number of nitrogens with zero attached hydrogens (tertiary/aromatic N) is 3. The van der Waals surface area contributed by atoms with Crippen LogP contribution in [0.2, 0.25) is 0 Å². The van der Waals surface area contributed by atoms with E-state index in [1.54, 1.807) is 60.7 Å². The largest absolute Gasteiger partial charge is 0.493 e. The Hall–Kier alpha value is -6.12. The standard InChI is InChI=1S/C31H30N4O11/c1-41-23-15-19(22(35(39)40)16-24(23)42-2)18-45-30(38)34-31(20-11-7-5-8-12-20,21-13-9-6-10-14-21)27(28(36)37)46-29-32-25(43-3)17-26(33-29)44-4/h5-17,27H,18H2,1-4H3,(H,34,38)(H,36,37). The van der Waals surface area contributed by atoms with Gasteiger partial charge in [-0.25, -0.2) is 9.59 Å². The number of aromatic nitrogens is 2. The molecule has 0 radical (unpaired) electrons. The molecule has 1 atom stereocenters. The number of aliphatic carboxylic acids is 1. The van der Waals surface area contributed by atoms with E-state index in [1.807, 2.05) is 0 Å². The number of nitro groups is 1. The number of carboxylic acid groups (broad SMARTS) is 1. The van der Waals surface area contributed by atoms with Crippen molar-refractivity contribution in [2.75, 3.05) is 28.4 Å². The number of alkyl carbamates (subject to hydrolysis) is 1. The summed E-state index contributed by atoms with van der Waals surface area (Å²) >= 11 is 0. The van der Waals surface area contributed by atoms with Crippen molar-refractivity contribution in [1.29, 1.82) is 0 Å². The smallest absolute Gasteiger partial charge is 0.408 e. The number of ether oxygens (including phenoxy) is 6. The Balaban J connectivity index is 1.82. The maximum Gasteiger partial charge on any atom is 0.408 e. The normalized spacial score (nSPS) is 11.5. The molecule has 0 fully saturated rings. The number of nitro benzene ring substituents is 1. The van der Waals surface area contributed by atoms with Crippen molar-refractivity contribution in [3.05, 3.63) is 106 Å². The van der Waals surface area contributed by atoms with Crippen molar-refractivity contribution in [2.24, 2.45) is 0 Å². The zero-order valence-corrected chi connectivity index (χ0v) is 25.2. The number of methoxy groups -OCH3 is 4. The second-order valence-corrected chi connectivity index (χ2v) is 9.41. The first-order valence-corrected chi connectivity index (χ1v) is 13.5. The van der Waals surface area contributed by atoms with Gasteiger partial charge in [0.15, 0.2) is 11.5 Å². The van der Waals surface area contributed by atoms with Crippen molar-refractivity contribution in [1.82, 2.24) is 15.3 Å². The predicted octanol–water partition coefficient (Wildman–Crippen LogP) is 4.12. The first kappa shape index (κ1) is 32.8. The summed E-state index contributed by atoms with van der Waals surface area (Å²) < 4.78 is 32.2. The van der Waals surface area contributed by atoms with Gasteiger partial charge < -0.3 is 38.8 Å². The van der Waals surface area contributed by atoms with Crippen molar-refractivity contribution in [3.8, 4) is 29.3 Å². The van der Waals surface area contributed by atoms with Crippen LogP contribution in [-0.4, -0.2) is 66.6 Å². The molecule has 0 aliphatic carbocycles. The van der Waals surface area contributed by atoms with Crippen molar-refractivity contribution >= 4 is 17.7 Å². The minimum atomic E-state index is -1.98. The van der Waals surface area contributed by atoms with E-state index >= 15 is 0 Å². The first-order valence-electron chi connectivity index (χ1n) is 13.5. The molecule has 2 N–H and O–H groups in total. The molecular formula is C31H30N4O11. The van der Waals surface area contributed by atoms with E-state index in [9.17, 15) is 24.8 Å². The Morgan fingerprint density at radius 2 is 1.37 bits per heavy atom. The molecule has 46 heavy (non-hydrogen) atoms. The Kier molecular flexibility index (Phi) is 10.4. The summed E-state index contributed by atoms with van der Waals surface area (Å²) in [5.41, 5.74) is -1.80. The molecule has 3 aromatic carbocycles. The van der Waals surface area contributed by atoms with Gasteiger partial charge in [0.1, 0.15) is 12.1 Å². The minimum absolute atomic E-state index is 0.00858. The molecule has 4 rings (SSSR count). The third-order valence-electron chi connectivity index (χ3n) is 6.82. The summed E-state index contributed by atoms with van der Waals surface area (Å²) in [5.74, 6) is -1.18. The molecule has 0 aliphatic rings. The van der Waals surface area contributed by atoms with Gasteiger partial charge in [-0.3, -0.25) is 10.1 Å². The van der Waals surface area contributed by atoms with E-state index in [1.165, 1.54) is 40.6 Å². The van der Waals surface area contributed by atoms with Gasteiger partial charge in [-0.05, 0) is 17.2 Å². The fourth-order valence-corrected chi connectivity index (χ4v) is 4.69. The van der Waals surface area contributed by atoms with Gasteiger partial charge in [0.25, 0.3) is 5.69 Å². The first-order chi connectivity index (χ1) is 22.2. The summed E-state index contributed by atoms with van der Waals surface area (Å²) in [7, 11) is 5.37. The topological polar surface area (TPSA) is 191 Å². The number of carbonyl (C=O) groups excluding carboxylic acids is 1. The zero-order chi connectivity index (χ0) is 33.3. The highest BCUT2D eigenvalue weighted by molar-refractivity contribution is 5.80. The van der Waals surface area contributed by atoms with Gasteiger partial charge in [-0.2, -0.15) is 9.97 Å². The van der Waals surface area contributed by atoms with Gasteiger partial charge in [-0.15, -0.1) is 0 Å². The summed E-state index contributed by atoms with van der Waals surface area (Å²) in [6.45, 7) is -0.586. The van der Waals surface area contributed by atoms with Gasteiger partial charge in [0, 0.05) is 0 Å². The summed E-state index contributed by atoms with van der Waals surface area (Å²) in [4.78, 5) is 46.1. The summed E-state index contributed by atoms with van der Waals surface area (Å²) in [6.07, 6.45) is -3.05.